The molecule has 350 valence electrons. The van der Waals surface area contributed by atoms with E-state index in [4.69, 9.17) is 33.2 Å². The summed E-state index contributed by atoms with van der Waals surface area (Å²) in [6.07, 6.45) is -12.0. The van der Waals surface area contributed by atoms with Crippen LogP contribution >= 0.6 is 0 Å². The summed E-state index contributed by atoms with van der Waals surface area (Å²) >= 11 is 0. The first-order valence-corrected chi connectivity index (χ1v) is 22.8. The summed E-state index contributed by atoms with van der Waals surface area (Å²) < 4.78 is 42.6. The first kappa shape index (κ1) is 46.4. The molecule has 0 radical (unpaired) electrons. The van der Waals surface area contributed by atoms with Crippen molar-refractivity contribution >= 4 is 0 Å². The predicted molar refractivity (Wildman–Crippen MR) is 212 cm³/mol. The fourth-order valence-corrected chi connectivity index (χ4v) is 13.4. The van der Waals surface area contributed by atoms with Crippen molar-refractivity contribution in [2.24, 2.45) is 46.3 Å². The van der Waals surface area contributed by atoms with E-state index >= 15 is 0 Å². The normalized spacial score (nSPS) is 54.0. The molecule has 0 aromatic heterocycles. The minimum Gasteiger partial charge on any atom is -0.494 e. The standard InChI is InChI=1S/C44H72O17/c1-18(16-55-40-37(53)35(51)34(50)30(15-45)60-40)6-7-27-19(2)31-29(58-27)14-24-22-13-28(25-12-21(46)8-10-43(25,4)23(22)9-11-44(24,31)5)59-42-38(54)39(32(48)20(3)57-42)61-41-36(52)33(49)26(47)17-56-41/h18,20-26,28-42,45-54H,6-17H2,1-5H3/t18-,20-,21+,22-,23+,24+,25-,26-,28+,29+,30-,31+,32-,33+,34-,35+,36-,37-,38-,39+,40-,41+,42+,43-,44+/m1/s1. The van der Waals surface area contributed by atoms with Gasteiger partial charge < -0.3 is 84.2 Å². The van der Waals surface area contributed by atoms with Gasteiger partial charge in [0.2, 0.25) is 0 Å². The van der Waals surface area contributed by atoms with E-state index in [1.165, 1.54) is 5.57 Å². The quantitative estimate of drug-likeness (QED) is 0.121. The highest BCUT2D eigenvalue weighted by molar-refractivity contribution is 5.27. The number of hydrogen-bond acceptors (Lipinski definition) is 17. The second-order valence-electron chi connectivity index (χ2n) is 20.6. The van der Waals surface area contributed by atoms with Gasteiger partial charge in [-0.25, -0.2) is 0 Å². The maximum Gasteiger partial charge on any atom is 0.186 e. The molecule has 4 aliphatic carbocycles. The van der Waals surface area contributed by atoms with Crippen LogP contribution in [0.2, 0.25) is 0 Å². The van der Waals surface area contributed by atoms with Crippen molar-refractivity contribution in [1.82, 2.24) is 0 Å². The van der Waals surface area contributed by atoms with Crippen LogP contribution in [0.4, 0.5) is 0 Å². The van der Waals surface area contributed by atoms with Crippen molar-refractivity contribution in [2.45, 2.75) is 197 Å². The molecule has 0 unspecified atom stereocenters. The molecule has 0 bridgehead atoms. The van der Waals surface area contributed by atoms with Crippen LogP contribution in [0.5, 0.6) is 0 Å². The third kappa shape index (κ3) is 8.26. The van der Waals surface area contributed by atoms with E-state index in [0.717, 1.165) is 44.3 Å². The Hall–Kier alpha value is -1.10. The minimum absolute atomic E-state index is 0.00335. The first-order valence-electron chi connectivity index (χ1n) is 22.8. The van der Waals surface area contributed by atoms with Gasteiger partial charge in [0.05, 0.1) is 43.9 Å². The molecular formula is C44H72O17. The second kappa shape index (κ2) is 17.9. The Balaban J connectivity index is 0.945. The Bertz CT molecular complexity index is 1550. The van der Waals surface area contributed by atoms with Crippen LogP contribution in [-0.4, -0.2) is 175 Å². The number of aliphatic hydroxyl groups is 10. The number of allylic oxidation sites excluding steroid dienone is 1. The largest absolute Gasteiger partial charge is 0.494 e. The Labute approximate surface area is 357 Å². The molecule has 17 nitrogen and oxygen atoms in total. The molecule has 10 N–H and O–H groups in total. The lowest BCUT2D eigenvalue weighted by molar-refractivity contribution is -0.357. The summed E-state index contributed by atoms with van der Waals surface area (Å²) in [5.74, 6) is 2.38. The van der Waals surface area contributed by atoms with E-state index in [1.807, 2.05) is 6.92 Å². The molecular weight excluding hydrogens is 800 g/mol. The Morgan fingerprint density at radius 1 is 0.738 bits per heavy atom. The summed E-state index contributed by atoms with van der Waals surface area (Å²) in [6, 6.07) is 0. The maximum absolute atomic E-state index is 11.7. The predicted octanol–water partition coefficient (Wildman–Crippen LogP) is -0.192. The molecule has 8 rings (SSSR count). The van der Waals surface area contributed by atoms with Gasteiger partial charge in [-0.3, -0.25) is 0 Å². The molecule has 4 aliphatic heterocycles. The highest BCUT2D eigenvalue weighted by Gasteiger charge is 2.66. The van der Waals surface area contributed by atoms with Gasteiger partial charge in [0, 0.05) is 12.3 Å². The Kier molecular flexibility index (Phi) is 13.7. The first-order chi connectivity index (χ1) is 28.9. The molecule has 8 aliphatic rings. The van der Waals surface area contributed by atoms with Crippen LogP contribution in [0.3, 0.4) is 0 Å². The average molecular weight is 873 g/mol. The van der Waals surface area contributed by atoms with Crippen LogP contribution in [0.15, 0.2) is 11.3 Å². The fourth-order valence-electron chi connectivity index (χ4n) is 13.4. The molecule has 0 amide bonds. The average Bonchev–Trinajstić information content (AvgIpc) is 3.72. The van der Waals surface area contributed by atoms with E-state index in [-0.39, 0.29) is 54.0 Å². The van der Waals surface area contributed by atoms with Gasteiger partial charge in [-0.15, -0.1) is 0 Å². The SMILES string of the molecule is CC1=C(CC[C@@H](C)CO[C@@H]2O[C@H](CO)[C@@H](O)[C@H](O)[C@H]2O)O[C@H]2C[C@H]3[C@@H]4C[C@H](O[C@@H]5O[C@H](C)[C@@H](O)[C@H](O[C@@H]6OC[C@@H](O)[C@H](O)[C@H]6O)[C@H]5O)[C@H]5C[C@@H](O)CC[C@]5(C)[C@H]4CC[C@]3(C)[C@@H]12. The van der Waals surface area contributed by atoms with Crippen molar-refractivity contribution in [3.63, 3.8) is 0 Å². The summed E-state index contributed by atoms with van der Waals surface area (Å²) in [7, 11) is 0. The highest BCUT2D eigenvalue weighted by atomic mass is 16.7. The van der Waals surface area contributed by atoms with Crippen molar-refractivity contribution < 1.29 is 84.2 Å². The molecule has 17 heteroatoms. The summed E-state index contributed by atoms with van der Waals surface area (Å²) in [6.45, 7) is 10.1. The van der Waals surface area contributed by atoms with Crippen molar-refractivity contribution in [3.05, 3.63) is 11.3 Å². The van der Waals surface area contributed by atoms with E-state index in [0.29, 0.717) is 37.0 Å². The van der Waals surface area contributed by atoms with Crippen LogP contribution < -0.4 is 0 Å². The Morgan fingerprint density at radius 2 is 1.46 bits per heavy atom. The molecule has 0 aromatic carbocycles. The smallest absolute Gasteiger partial charge is 0.186 e. The molecule has 0 aromatic rings. The van der Waals surface area contributed by atoms with Crippen LogP contribution in [0.25, 0.3) is 0 Å². The third-order valence-corrected chi connectivity index (χ3v) is 16.9. The highest BCUT2D eigenvalue weighted by Crippen LogP contribution is 2.70. The van der Waals surface area contributed by atoms with Gasteiger partial charge >= 0.3 is 0 Å². The van der Waals surface area contributed by atoms with E-state index in [1.54, 1.807) is 6.92 Å². The summed E-state index contributed by atoms with van der Waals surface area (Å²) in [5.41, 5.74) is 1.14. The van der Waals surface area contributed by atoms with E-state index in [9.17, 15) is 51.1 Å². The summed E-state index contributed by atoms with van der Waals surface area (Å²) in [5, 5.41) is 105. The van der Waals surface area contributed by atoms with Crippen LogP contribution in [0.1, 0.15) is 92.4 Å². The van der Waals surface area contributed by atoms with Crippen molar-refractivity contribution in [3.8, 4) is 0 Å². The molecule has 25 atom stereocenters. The zero-order valence-corrected chi connectivity index (χ0v) is 36.1. The third-order valence-electron chi connectivity index (χ3n) is 16.9. The maximum atomic E-state index is 11.7. The molecule has 61 heavy (non-hydrogen) atoms. The van der Waals surface area contributed by atoms with Gasteiger partial charge in [0.15, 0.2) is 18.9 Å². The molecule has 3 saturated heterocycles. The van der Waals surface area contributed by atoms with E-state index in [2.05, 4.69) is 20.8 Å². The monoisotopic (exact) mass is 872 g/mol. The molecule has 7 fully saturated rings. The lowest BCUT2D eigenvalue weighted by Crippen LogP contribution is -2.64. The van der Waals surface area contributed by atoms with Crippen LogP contribution in [0, 0.1) is 46.3 Å². The zero-order chi connectivity index (χ0) is 43.9. The number of aliphatic hydroxyl groups excluding tert-OH is 10. The molecule has 4 heterocycles. The lowest BCUT2D eigenvalue weighted by atomic mass is 9.44. The van der Waals surface area contributed by atoms with Gasteiger partial charge in [-0.1, -0.05) is 20.8 Å². The van der Waals surface area contributed by atoms with Crippen LogP contribution in [-0.2, 0) is 33.2 Å². The molecule has 4 saturated carbocycles. The zero-order valence-electron chi connectivity index (χ0n) is 36.1. The number of ether oxygens (including phenoxy) is 7. The number of hydrogen-bond donors (Lipinski definition) is 10. The minimum atomic E-state index is -1.61. The van der Waals surface area contributed by atoms with Crippen molar-refractivity contribution in [2.75, 3.05) is 19.8 Å². The van der Waals surface area contributed by atoms with E-state index < -0.39 is 98.7 Å². The number of fused-ring (bicyclic) bond motifs is 7. The molecule has 0 spiro atoms. The Morgan fingerprint density at radius 3 is 2.20 bits per heavy atom. The topological polar surface area (TPSA) is 267 Å². The van der Waals surface area contributed by atoms with Gasteiger partial charge in [0.25, 0.3) is 0 Å². The van der Waals surface area contributed by atoms with Gasteiger partial charge in [0.1, 0.15) is 67.1 Å². The number of rotatable bonds is 11. The second-order valence-corrected chi connectivity index (χ2v) is 20.6. The fraction of sp³-hybridized carbons (Fsp3) is 0.955. The summed E-state index contributed by atoms with van der Waals surface area (Å²) in [4.78, 5) is 0. The van der Waals surface area contributed by atoms with Gasteiger partial charge in [-0.2, -0.15) is 0 Å². The lowest BCUT2D eigenvalue weighted by Gasteiger charge is -2.63. The van der Waals surface area contributed by atoms with Gasteiger partial charge in [-0.05, 0) is 111 Å². The van der Waals surface area contributed by atoms with Crippen molar-refractivity contribution in [1.29, 1.82) is 0 Å².